The van der Waals surface area contributed by atoms with Crippen molar-refractivity contribution in [1.82, 2.24) is 24.9 Å². The number of hydrogen-bond acceptors (Lipinski definition) is 4. The van der Waals surface area contributed by atoms with Crippen LogP contribution in [0.5, 0.6) is 0 Å². The first-order valence-corrected chi connectivity index (χ1v) is 5.00. The van der Waals surface area contributed by atoms with Crippen LogP contribution < -0.4 is 0 Å². The Morgan fingerprint density at radius 2 is 2.06 bits per heavy atom. The van der Waals surface area contributed by atoms with Gasteiger partial charge in [-0.1, -0.05) is 6.07 Å². The van der Waals surface area contributed by atoms with Gasteiger partial charge in [0.25, 0.3) is 0 Å². The van der Waals surface area contributed by atoms with E-state index in [0.717, 1.165) is 11.2 Å². The van der Waals surface area contributed by atoms with Gasteiger partial charge in [-0.05, 0) is 23.7 Å². The second-order valence-electron chi connectivity index (χ2n) is 3.18. The van der Waals surface area contributed by atoms with Gasteiger partial charge >= 0.3 is 0 Å². The minimum atomic E-state index is 0.187. The molecule has 0 aliphatic rings. The number of nitrogens with one attached hydrogen (secondary N) is 1. The Morgan fingerprint density at radius 3 is 2.88 bits per heavy atom. The minimum absolute atomic E-state index is 0.187. The molecule has 6 heteroatoms. The zero-order chi connectivity index (χ0) is 11.0. The molecule has 3 aromatic rings. The number of rotatable bonds is 1. The molecule has 1 N–H and O–H groups in total. The molecule has 0 unspecified atom stereocenters. The van der Waals surface area contributed by atoms with Crippen molar-refractivity contribution in [3.8, 4) is 11.5 Å². The highest BCUT2D eigenvalue weighted by molar-refractivity contribution is 6.28. The third kappa shape index (κ3) is 1.51. The Hall–Kier alpha value is -2.01. The van der Waals surface area contributed by atoms with Crippen LogP contribution in [0.3, 0.4) is 0 Å². The van der Waals surface area contributed by atoms with Crippen LogP contribution >= 0.6 is 11.6 Å². The molecule has 0 aliphatic heterocycles. The van der Waals surface area contributed by atoms with Gasteiger partial charge in [-0.2, -0.15) is 4.98 Å². The molecule has 5 nitrogen and oxygen atoms in total. The monoisotopic (exact) mass is 231 g/mol. The fourth-order valence-corrected chi connectivity index (χ4v) is 1.54. The van der Waals surface area contributed by atoms with Gasteiger partial charge in [0.15, 0.2) is 11.5 Å². The lowest BCUT2D eigenvalue weighted by molar-refractivity contribution is 1.20. The molecule has 16 heavy (non-hydrogen) atoms. The van der Waals surface area contributed by atoms with Crippen molar-refractivity contribution in [2.24, 2.45) is 0 Å². The average molecular weight is 232 g/mol. The number of pyridine rings is 1. The van der Waals surface area contributed by atoms with E-state index in [-0.39, 0.29) is 5.28 Å². The minimum Gasteiger partial charge on any atom is -0.334 e. The van der Waals surface area contributed by atoms with Crippen LogP contribution in [-0.2, 0) is 0 Å². The molecule has 0 amide bonds. The van der Waals surface area contributed by atoms with Gasteiger partial charge < -0.3 is 4.98 Å². The summed E-state index contributed by atoms with van der Waals surface area (Å²) in [5, 5.41) is 0.187. The number of halogens is 1. The van der Waals surface area contributed by atoms with Crippen LogP contribution in [0.25, 0.3) is 22.7 Å². The van der Waals surface area contributed by atoms with Crippen molar-refractivity contribution in [2.75, 3.05) is 0 Å². The Balaban J connectivity index is 2.19. The van der Waals surface area contributed by atoms with Crippen LogP contribution in [0.1, 0.15) is 0 Å². The van der Waals surface area contributed by atoms with Crippen LogP contribution in [0.15, 0.2) is 30.6 Å². The fourth-order valence-electron chi connectivity index (χ4n) is 1.41. The smallest absolute Gasteiger partial charge is 0.224 e. The first-order valence-electron chi connectivity index (χ1n) is 4.62. The van der Waals surface area contributed by atoms with E-state index in [1.807, 2.05) is 18.2 Å². The zero-order valence-electron chi connectivity index (χ0n) is 8.05. The summed E-state index contributed by atoms with van der Waals surface area (Å²) >= 11 is 5.68. The van der Waals surface area contributed by atoms with Crippen LogP contribution in [0.2, 0.25) is 5.28 Å². The van der Waals surface area contributed by atoms with E-state index >= 15 is 0 Å². The van der Waals surface area contributed by atoms with Crippen molar-refractivity contribution in [3.63, 3.8) is 0 Å². The lowest BCUT2D eigenvalue weighted by Gasteiger charge is -1.91. The molecular weight excluding hydrogens is 226 g/mol. The molecule has 0 radical (unpaired) electrons. The summed E-state index contributed by atoms with van der Waals surface area (Å²) in [6, 6.07) is 5.61. The van der Waals surface area contributed by atoms with Crippen molar-refractivity contribution in [3.05, 3.63) is 35.9 Å². The number of hydrogen-bond donors (Lipinski definition) is 1. The molecule has 0 saturated heterocycles. The van der Waals surface area contributed by atoms with E-state index < -0.39 is 0 Å². The number of aromatic amines is 1. The largest absolute Gasteiger partial charge is 0.334 e. The van der Waals surface area contributed by atoms with Crippen molar-refractivity contribution in [2.45, 2.75) is 0 Å². The predicted octanol–water partition coefficient (Wildman–Crippen LogP) is 2.07. The molecular formula is C10H6ClN5. The summed E-state index contributed by atoms with van der Waals surface area (Å²) in [4.78, 5) is 19.4. The van der Waals surface area contributed by atoms with Gasteiger partial charge in [0.2, 0.25) is 5.28 Å². The lowest BCUT2D eigenvalue weighted by Crippen LogP contribution is -1.83. The van der Waals surface area contributed by atoms with E-state index in [2.05, 4.69) is 24.9 Å². The van der Waals surface area contributed by atoms with Crippen molar-refractivity contribution < 1.29 is 0 Å². The molecule has 0 bridgehead atoms. The number of nitrogens with zero attached hydrogens (tertiary/aromatic N) is 4. The molecule has 0 spiro atoms. The summed E-state index contributed by atoms with van der Waals surface area (Å²) in [7, 11) is 0. The Morgan fingerprint density at radius 1 is 1.12 bits per heavy atom. The fraction of sp³-hybridized carbons (Fsp3) is 0. The van der Waals surface area contributed by atoms with Crippen LogP contribution in [-0.4, -0.2) is 24.9 Å². The second-order valence-corrected chi connectivity index (χ2v) is 3.51. The second kappa shape index (κ2) is 3.53. The highest BCUT2D eigenvalue weighted by atomic mass is 35.5. The first-order chi connectivity index (χ1) is 7.83. The van der Waals surface area contributed by atoms with Crippen LogP contribution in [0.4, 0.5) is 0 Å². The molecule has 0 saturated carbocycles. The normalized spacial score (nSPS) is 10.8. The number of aromatic nitrogens is 5. The predicted molar refractivity (Wildman–Crippen MR) is 59.9 cm³/mol. The maximum atomic E-state index is 5.68. The van der Waals surface area contributed by atoms with E-state index in [1.165, 1.54) is 0 Å². The van der Waals surface area contributed by atoms with Gasteiger partial charge in [0.05, 0.1) is 6.20 Å². The van der Waals surface area contributed by atoms with E-state index in [0.29, 0.717) is 11.5 Å². The molecule has 0 aromatic carbocycles. The quantitative estimate of drug-likeness (QED) is 0.651. The molecule has 0 aliphatic carbocycles. The highest BCUT2D eigenvalue weighted by Crippen LogP contribution is 2.17. The molecule has 3 heterocycles. The first kappa shape index (κ1) is 9.23. The van der Waals surface area contributed by atoms with Gasteiger partial charge in [0.1, 0.15) is 11.2 Å². The van der Waals surface area contributed by atoms with Gasteiger partial charge in [0, 0.05) is 6.20 Å². The molecule has 78 valence electrons. The van der Waals surface area contributed by atoms with E-state index in [1.54, 1.807) is 12.4 Å². The van der Waals surface area contributed by atoms with Crippen LogP contribution in [0, 0.1) is 0 Å². The Kier molecular flexibility index (Phi) is 2.04. The van der Waals surface area contributed by atoms with E-state index in [4.69, 9.17) is 11.6 Å². The van der Waals surface area contributed by atoms with Gasteiger partial charge in [-0.25, -0.2) is 9.97 Å². The molecule has 0 fully saturated rings. The Labute approximate surface area is 95.6 Å². The van der Waals surface area contributed by atoms with Crippen molar-refractivity contribution in [1.29, 1.82) is 0 Å². The molecule has 3 rings (SSSR count). The number of fused-ring (bicyclic) bond motifs is 1. The standard InChI is InChI=1S/C10H6ClN5/c11-10-13-5-7-9(16-10)15-8(14-7)6-3-1-2-4-12-6/h1-5H,(H,13,14,15,16). The summed E-state index contributed by atoms with van der Waals surface area (Å²) in [6.07, 6.45) is 3.31. The lowest BCUT2D eigenvalue weighted by atomic mass is 10.3. The van der Waals surface area contributed by atoms with E-state index in [9.17, 15) is 0 Å². The maximum Gasteiger partial charge on any atom is 0.224 e. The summed E-state index contributed by atoms with van der Waals surface area (Å²) in [6.45, 7) is 0. The number of H-pyrrole nitrogens is 1. The van der Waals surface area contributed by atoms with Crippen molar-refractivity contribution >= 4 is 22.8 Å². The average Bonchev–Trinajstić information content (AvgIpc) is 2.73. The number of imidazole rings is 1. The van der Waals surface area contributed by atoms with Gasteiger partial charge in [-0.3, -0.25) is 4.98 Å². The topological polar surface area (TPSA) is 67.3 Å². The highest BCUT2D eigenvalue weighted by Gasteiger charge is 2.07. The summed E-state index contributed by atoms with van der Waals surface area (Å²) < 4.78 is 0. The van der Waals surface area contributed by atoms with Gasteiger partial charge in [-0.15, -0.1) is 0 Å². The summed E-state index contributed by atoms with van der Waals surface area (Å²) in [5.41, 5.74) is 2.04. The third-order valence-electron chi connectivity index (χ3n) is 2.12. The molecule has 0 atom stereocenters. The molecule has 3 aromatic heterocycles. The Bertz CT molecular complexity index is 634. The zero-order valence-corrected chi connectivity index (χ0v) is 8.81. The summed E-state index contributed by atoms with van der Waals surface area (Å²) in [5.74, 6) is 0.659. The maximum absolute atomic E-state index is 5.68. The third-order valence-corrected chi connectivity index (χ3v) is 2.30. The SMILES string of the molecule is Clc1ncc2[nH]c(-c3ccccn3)nc2n1.